The lowest BCUT2D eigenvalue weighted by atomic mass is 9.97. The first kappa shape index (κ1) is 24.9. The van der Waals surface area contributed by atoms with Gasteiger partial charge in [0, 0.05) is 32.7 Å². The lowest BCUT2D eigenvalue weighted by molar-refractivity contribution is -0.123. The number of primary amides is 1. The molecule has 1 atom stereocenters. The molecule has 1 amide bonds. The van der Waals surface area contributed by atoms with E-state index in [0.717, 1.165) is 70.9 Å². The van der Waals surface area contributed by atoms with Gasteiger partial charge in [-0.1, -0.05) is 24.3 Å². The van der Waals surface area contributed by atoms with Gasteiger partial charge in [0.1, 0.15) is 0 Å². The summed E-state index contributed by atoms with van der Waals surface area (Å²) in [5.41, 5.74) is 7.93. The minimum Gasteiger partial charge on any atom is -0.393 e. The van der Waals surface area contributed by atoms with Crippen molar-refractivity contribution in [3.63, 3.8) is 0 Å². The average molecular weight is 529 g/mol. The van der Waals surface area contributed by atoms with Gasteiger partial charge in [0.05, 0.1) is 18.6 Å². The number of amides is 1. The second kappa shape index (κ2) is 12.5. The fourth-order valence-electron chi connectivity index (χ4n) is 4.19. The van der Waals surface area contributed by atoms with Gasteiger partial charge in [-0.3, -0.25) is 9.69 Å². The largest absolute Gasteiger partial charge is 0.393 e. The van der Waals surface area contributed by atoms with Crippen molar-refractivity contribution in [3.05, 3.63) is 35.4 Å². The standard InChI is InChI=1S/C22H35N5O2.HI/c1-2-24-22(27-11-8-20(28)9-12-27)25-14-17-5-3-6-18(13-17)15-26-10-4-7-19(16-26)21(23)29;/h3,5-6,13,19-20,28H,2,4,7-12,14-16H2,1H3,(H2,23,29)(H,24,25);1H. The van der Waals surface area contributed by atoms with E-state index >= 15 is 0 Å². The van der Waals surface area contributed by atoms with E-state index in [9.17, 15) is 9.90 Å². The van der Waals surface area contributed by atoms with Crippen LogP contribution >= 0.6 is 24.0 Å². The summed E-state index contributed by atoms with van der Waals surface area (Å²) in [5.74, 6) is 0.714. The van der Waals surface area contributed by atoms with Crippen molar-refractivity contribution >= 4 is 35.8 Å². The molecule has 0 radical (unpaired) electrons. The molecule has 1 aromatic rings. The van der Waals surface area contributed by atoms with Crippen molar-refractivity contribution in [1.29, 1.82) is 0 Å². The van der Waals surface area contributed by atoms with Gasteiger partial charge in [-0.05, 0) is 50.3 Å². The van der Waals surface area contributed by atoms with Crippen LogP contribution in [0.25, 0.3) is 0 Å². The van der Waals surface area contributed by atoms with Crippen molar-refractivity contribution in [2.24, 2.45) is 16.6 Å². The molecule has 0 aromatic heterocycles. The third-order valence-electron chi connectivity index (χ3n) is 5.82. The highest BCUT2D eigenvalue weighted by Crippen LogP contribution is 2.19. The number of rotatable bonds is 6. The van der Waals surface area contributed by atoms with Gasteiger partial charge < -0.3 is 21.1 Å². The first-order chi connectivity index (χ1) is 14.0. The molecule has 2 aliphatic heterocycles. The van der Waals surface area contributed by atoms with E-state index in [1.807, 2.05) is 0 Å². The van der Waals surface area contributed by atoms with Crippen LogP contribution in [0.3, 0.4) is 0 Å². The molecule has 0 saturated carbocycles. The van der Waals surface area contributed by atoms with Gasteiger partial charge in [0.15, 0.2) is 5.96 Å². The minimum absolute atomic E-state index is 0. The van der Waals surface area contributed by atoms with E-state index in [4.69, 9.17) is 10.7 Å². The van der Waals surface area contributed by atoms with E-state index in [1.165, 1.54) is 11.1 Å². The maximum absolute atomic E-state index is 11.5. The fourth-order valence-corrected chi connectivity index (χ4v) is 4.19. The first-order valence-corrected chi connectivity index (χ1v) is 10.9. The molecular weight excluding hydrogens is 493 g/mol. The van der Waals surface area contributed by atoms with Crippen LogP contribution in [0.15, 0.2) is 29.3 Å². The van der Waals surface area contributed by atoms with Crippen LogP contribution in [-0.2, 0) is 17.9 Å². The van der Waals surface area contributed by atoms with Gasteiger partial charge in [0.2, 0.25) is 5.91 Å². The smallest absolute Gasteiger partial charge is 0.221 e. The summed E-state index contributed by atoms with van der Waals surface area (Å²) < 4.78 is 0. The summed E-state index contributed by atoms with van der Waals surface area (Å²) in [6.45, 7) is 7.80. The Hall–Kier alpha value is -1.39. The molecule has 2 saturated heterocycles. The minimum atomic E-state index is -0.185. The molecule has 0 aliphatic carbocycles. The van der Waals surface area contributed by atoms with E-state index in [2.05, 4.69) is 46.3 Å². The predicted molar refractivity (Wildman–Crippen MR) is 131 cm³/mol. The zero-order valence-electron chi connectivity index (χ0n) is 17.9. The van der Waals surface area contributed by atoms with Crippen molar-refractivity contribution in [2.75, 3.05) is 32.7 Å². The lowest BCUT2D eigenvalue weighted by Gasteiger charge is -2.32. The number of aliphatic hydroxyl groups excluding tert-OH is 1. The maximum atomic E-state index is 11.5. The summed E-state index contributed by atoms with van der Waals surface area (Å²) in [7, 11) is 0. The Morgan fingerprint density at radius 3 is 2.67 bits per heavy atom. The van der Waals surface area contributed by atoms with Crippen LogP contribution in [0, 0.1) is 5.92 Å². The number of carbonyl (C=O) groups excluding carboxylic acids is 1. The Bertz CT molecular complexity index is 707. The molecule has 0 spiro atoms. The third-order valence-corrected chi connectivity index (χ3v) is 5.82. The molecule has 7 nitrogen and oxygen atoms in total. The molecule has 2 fully saturated rings. The van der Waals surface area contributed by atoms with E-state index in [1.54, 1.807) is 0 Å². The zero-order chi connectivity index (χ0) is 20.6. The molecule has 0 bridgehead atoms. The Labute approximate surface area is 197 Å². The summed E-state index contributed by atoms with van der Waals surface area (Å²) in [5, 5.41) is 13.1. The summed E-state index contributed by atoms with van der Waals surface area (Å²) in [4.78, 5) is 20.9. The molecule has 168 valence electrons. The monoisotopic (exact) mass is 529 g/mol. The van der Waals surface area contributed by atoms with Crippen LogP contribution in [0.5, 0.6) is 0 Å². The van der Waals surface area contributed by atoms with Crippen LogP contribution in [0.4, 0.5) is 0 Å². The number of benzene rings is 1. The Morgan fingerprint density at radius 1 is 1.23 bits per heavy atom. The highest BCUT2D eigenvalue weighted by Gasteiger charge is 2.24. The van der Waals surface area contributed by atoms with E-state index < -0.39 is 0 Å². The van der Waals surface area contributed by atoms with Crippen LogP contribution in [-0.4, -0.2) is 65.6 Å². The molecule has 3 rings (SSSR count). The molecule has 1 unspecified atom stereocenters. The van der Waals surface area contributed by atoms with Gasteiger partial charge in [-0.2, -0.15) is 0 Å². The Kier molecular flexibility index (Phi) is 10.3. The quantitative estimate of drug-likeness (QED) is 0.298. The van der Waals surface area contributed by atoms with Gasteiger partial charge in [0.25, 0.3) is 0 Å². The average Bonchev–Trinajstić information content (AvgIpc) is 2.72. The number of likely N-dealkylation sites (tertiary alicyclic amines) is 2. The number of aliphatic imine (C=N–C) groups is 1. The third kappa shape index (κ3) is 7.39. The van der Waals surface area contributed by atoms with Crippen molar-refractivity contribution in [3.8, 4) is 0 Å². The predicted octanol–water partition coefficient (Wildman–Crippen LogP) is 1.92. The van der Waals surface area contributed by atoms with Gasteiger partial charge in [-0.25, -0.2) is 4.99 Å². The number of nitrogens with zero attached hydrogens (tertiary/aromatic N) is 3. The SMILES string of the molecule is CCNC(=NCc1cccc(CN2CCCC(C(N)=O)C2)c1)N1CCC(O)CC1.I. The fraction of sp³-hybridized carbons (Fsp3) is 0.636. The van der Waals surface area contributed by atoms with Crippen LogP contribution < -0.4 is 11.1 Å². The maximum Gasteiger partial charge on any atom is 0.221 e. The first-order valence-electron chi connectivity index (χ1n) is 10.9. The molecule has 2 aliphatic rings. The number of piperidine rings is 2. The van der Waals surface area contributed by atoms with Crippen LogP contribution in [0.2, 0.25) is 0 Å². The topological polar surface area (TPSA) is 94.2 Å². The molecule has 8 heteroatoms. The number of hydrogen-bond acceptors (Lipinski definition) is 4. The molecule has 4 N–H and O–H groups in total. The number of halogens is 1. The molecular formula is C22H36IN5O2. The lowest BCUT2D eigenvalue weighted by Crippen LogP contribution is -2.46. The number of nitrogens with one attached hydrogen (secondary N) is 1. The number of hydrogen-bond donors (Lipinski definition) is 3. The molecule has 2 heterocycles. The van der Waals surface area contributed by atoms with Crippen LogP contribution in [0.1, 0.15) is 43.7 Å². The van der Waals surface area contributed by atoms with Crippen molar-refractivity contribution < 1.29 is 9.90 Å². The summed E-state index contributed by atoms with van der Waals surface area (Å²) >= 11 is 0. The highest BCUT2D eigenvalue weighted by atomic mass is 127. The normalized spacial score (nSPS) is 21.2. The Balaban J connectivity index is 0.00000320. The molecule has 30 heavy (non-hydrogen) atoms. The van der Waals surface area contributed by atoms with E-state index in [-0.39, 0.29) is 41.9 Å². The van der Waals surface area contributed by atoms with Crippen molar-refractivity contribution in [1.82, 2.24) is 15.1 Å². The number of aliphatic hydroxyl groups is 1. The molecule has 1 aromatic carbocycles. The number of guanidine groups is 1. The second-order valence-electron chi connectivity index (χ2n) is 8.18. The second-order valence-corrected chi connectivity index (χ2v) is 8.18. The summed E-state index contributed by atoms with van der Waals surface area (Å²) in [6, 6.07) is 8.54. The van der Waals surface area contributed by atoms with E-state index in [0.29, 0.717) is 6.54 Å². The van der Waals surface area contributed by atoms with Crippen molar-refractivity contribution in [2.45, 2.75) is 51.8 Å². The number of carbonyl (C=O) groups is 1. The Morgan fingerprint density at radius 2 is 1.97 bits per heavy atom. The summed E-state index contributed by atoms with van der Waals surface area (Å²) in [6.07, 6.45) is 3.33. The van der Waals surface area contributed by atoms with Gasteiger partial charge in [-0.15, -0.1) is 24.0 Å². The van der Waals surface area contributed by atoms with Gasteiger partial charge >= 0.3 is 0 Å². The highest BCUT2D eigenvalue weighted by molar-refractivity contribution is 14.0. The number of nitrogens with two attached hydrogens (primary N) is 1. The zero-order valence-corrected chi connectivity index (χ0v) is 20.3.